The van der Waals surface area contributed by atoms with Crippen molar-refractivity contribution in [2.24, 2.45) is 11.8 Å². The first kappa shape index (κ1) is 18.3. The van der Waals surface area contributed by atoms with Crippen LogP contribution in [0.2, 0.25) is 5.02 Å². The fraction of sp³-hybridized carbons (Fsp3) is 0.632. The van der Waals surface area contributed by atoms with Crippen molar-refractivity contribution in [3.63, 3.8) is 0 Å². The van der Waals surface area contributed by atoms with Crippen molar-refractivity contribution in [2.75, 3.05) is 20.6 Å². The third-order valence-electron chi connectivity index (χ3n) is 5.03. The topological polar surface area (TPSA) is 32.3 Å². The van der Waals surface area contributed by atoms with Gasteiger partial charge in [0.15, 0.2) is 0 Å². The summed E-state index contributed by atoms with van der Waals surface area (Å²) in [5.74, 6) is 1.53. The van der Waals surface area contributed by atoms with E-state index in [2.05, 4.69) is 36.4 Å². The monoisotopic (exact) mass is 336 g/mol. The Balaban J connectivity index is 1.90. The van der Waals surface area contributed by atoms with Crippen LogP contribution in [-0.2, 0) is 4.79 Å². The summed E-state index contributed by atoms with van der Waals surface area (Å²) in [4.78, 5) is 13.3. The predicted octanol–water partition coefficient (Wildman–Crippen LogP) is 4.28. The molecule has 4 heteroatoms. The summed E-state index contributed by atoms with van der Waals surface area (Å²) in [6, 6.07) is 8.77. The third-order valence-corrected chi connectivity index (χ3v) is 5.28. The summed E-state index contributed by atoms with van der Waals surface area (Å²) in [7, 11) is 4.34. The molecule has 1 aromatic carbocycles. The van der Waals surface area contributed by atoms with Crippen LogP contribution >= 0.6 is 11.6 Å². The lowest BCUT2D eigenvalue weighted by Gasteiger charge is -2.37. The van der Waals surface area contributed by atoms with E-state index in [-0.39, 0.29) is 5.91 Å². The van der Waals surface area contributed by atoms with Gasteiger partial charge in [-0.2, -0.15) is 0 Å². The Kier molecular flexibility index (Phi) is 6.91. The van der Waals surface area contributed by atoms with E-state index in [1.54, 1.807) is 6.92 Å². The molecule has 0 aliphatic heterocycles. The number of benzene rings is 1. The first-order valence-corrected chi connectivity index (χ1v) is 9.01. The molecule has 23 heavy (non-hydrogen) atoms. The number of rotatable bonds is 6. The molecule has 0 heterocycles. The Morgan fingerprint density at radius 1 is 1.22 bits per heavy atom. The van der Waals surface area contributed by atoms with Crippen LogP contribution in [0.3, 0.4) is 0 Å². The van der Waals surface area contributed by atoms with Crippen LogP contribution in [-0.4, -0.2) is 31.4 Å². The van der Waals surface area contributed by atoms with Gasteiger partial charge in [0.05, 0.1) is 0 Å². The molecule has 0 aromatic heterocycles. The lowest BCUT2D eigenvalue weighted by Crippen LogP contribution is -2.31. The van der Waals surface area contributed by atoms with Crippen molar-refractivity contribution >= 4 is 17.5 Å². The SMILES string of the molecule is CC(=O)NCCC1CCC(C(c2ccc(Cl)cc2)N(C)C)CC1. The van der Waals surface area contributed by atoms with Gasteiger partial charge in [-0.15, -0.1) is 0 Å². The first-order chi connectivity index (χ1) is 11.0. The lowest BCUT2D eigenvalue weighted by atomic mass is 9.75. The van der Waals surface area contributed by atoms with Crippen LogP contribution in [0.1, 0.15) is 50.6 Å². The fourth-order valence-electron chi connectivity index (χ4n) is 3.90. The van der Waals surface area contributed by atoms with E-state index in [0.29, 0.717) is 12.0 Å². The van der Waals surface area contributed by atoms with Crippen LogP contribution in [0.15, 0.2) is 24.3 Å². The highest BCUT2D eigenvalue weighted by Crippen LogP contribution is 2.40. The predicted molar refractivity (Wildman–Crippen MR) is 96.6 cm³/mol. The van der Waals surface area contributed by atoms with E-state index in [1.165, 1.54) is 31.2 Å². The Labute approximate surface area is 145 Å². The van der Waals surface area contributed by atoms with Crippen LogP contribution < -0.4 is 5.32 Å². The Hall–Kier alpha value is -1.06. The molecule has 0 radical (unpaired) electrons. The molecule has 2 rings (SSSR count). The van der Waals surface area contributed by atoms with Crippen LogP contribution in [0, 0.1) is 11.8 Å². The summed E-state index contributed by atoms with van der Waals surface area (Å²) >= 11 is 6.03. The first-order valence-electron chi connectivity index (χ1n) is 8.63. The van der Waals surface area contributed by atoms with Crippen LogP contribution in [0.25, 0.3) is 0 Å². The standard InChI is InChI=1S/C19H29ClN2O/c1-14(23)21-13-12-15-4-6-16(7-5-15)19(22(2)3)17-8-10-18(20)11-9-17/h8-11,15-16,19H,4-7,12-13H2,1-3H3,(H,21,23). The molecule has 1 amide bonds. The van der Waals surface area contributed by atoms with Gasteiger partial charge in [-0.1, -0.05) is 36.6 Å². The maximum absolute atomic E-state index is 11.0. The van der Waals surface area contributed by atoms with Crippen molar-refractivity contribution in [2.45, 2.75) is 45.1 Å². The maximum atomic E-state index is 11.0. The number of nitrogens with zero attached hydrogens (tertiary/aromatic N) is 1. The molecular weight excluding hydrogens is 308 g/mol. The molecule has 1 aliphatic carbocycles. The summed E-state index contributed by atoms with van der Waals surface area (Å²) in [6.45, 7) is 2.41. The highest BCUT2D eigenvalue weighted by atomic mass is 35.5. The smallest absolute Gasteiger partial charge is 0.216 e. The molecule has 0 saturated heterocycles. The molecule has 1 aromatic rings. The fourth-order valence-corrected chi connectivity index (χ4v) is 4.02. The van der Waals surface area contributed by atoms with Crippen molar-refractivity contribution < 1.29 is 4.79 Å². The summed E-state index contributed by atoms with van der Waals surface area (Å²) in [5.41, 5.74) is 1.36. The second-order valence-corrected chi connectivity index (χ2v) is 7.45. The Morgan fingerprint density at radius 2 is 1.83 bits per heavy atom. The van der Waals surface area contributed by atoms with Gasteiger partial charge in [0.2, 0.25) is 5.91 Å². The number of halogens is 1. The zero-order valence-electron chi connectivity index (χ0n) is 14.5. The molecule has 128 valence electrons. The minimum Gasteiger partial charge on any atom is -0.356 e. The molecule has 0 spiro atoms. The lowest BCUT2D eigenvalue weighted by molar-refractivity contribution is -0.119. The minimum atomic E-state index is 0.0779. The highest BCUT2D eigenvalue weighted by molar-refractivity contribution is 6.30. The number of nitrogens with one attached hydrogen (secondary N) is 1. The van der Waals surface area contributed by atoms with Crippen molar-refractivity contribution in [3.8, 4) is 0 Å². The van der Waals surface area contributed by atoms with Gasteiger partial charge in [0.1, 0.15) is 0 Å². The molecule has 1 fully saturated rings. The van der Waals surface area contributed by atoms with Gasteiger partial charge >= 0.3 is 0 Å². The normalized spacial score (nSPS) is 22.8. The average Bonchev–Trinajstić information content (AvgIpc) is 2.50. The van der Waals surface area contributed by atoms with Gasteiger partial charge in [-0.05, 0) is 62.9 Å². The van der Waals surface area contributed by atoms with E-state index in [1.807, 2.05) is 12.1 Å². The zero-order chi connectivity index (χ0) is 16.8. The van der Waals surface area contributed by atoms with Crippen LogP contribution in [0.5, 0.6) is 0 Å². The average molecular weight is 337 g/mol. The largest absolute Gasteiger partial charge is 0.356 e. The van der Waals surface area contributed by atoms with Crippen molar-refractivity contribution in [1.29, 1.82) is 0 Å². The molecule has 1 unspecified atom stereocenters. The minimum absolute atomic E-state index is 0.0779. The number of carbonyl (C=O) groups is 1. The molecule has 1 saturated carbocycles. The molecule has 0 bridgehead atoms. The zero-order valence-corrected chi connectivity index (χ0v) is 15.3. The van der Waals surface area contributed by atoms with E-state index >= 15 is 0 Å². The van der Waals surface area contributed by atoms with E-state index in [9.17, 15) is 4.79 Å². The second kappa shape index (κ2) is 8.70. The summed E-state index contributed by atoms with van der Waals surface area (Å²) in [5, 5.41) is 3.72. The number of carbonyl (C=O) groups excluding carboxylic acids is 1. The number of amides is 1. The van der Waals surface area contributed by atoms with E-state index in [0.717, 1.165) is 23.9 Å². The molecule has 1 N–H and O–H groups in total. The maximum Gasteiger partial charge on any atom is 0.216 e. The van der Waals surface area contributed by atoms with Crippen LogP contribution in [0.4, 0.5) is 0 Å². The molecule has 3 nitrogen and oxygen atoms in total. The van der Waals surface area contributed by atoms with Gasteiger partial charge in [-0.3, -0.25) is 4.79 Å². The second-order valence-electron chi connectivity index (χ2n) is 7.01. The number of hydrogen-bond donors (Lipinski definition) is 1. The van der Waals surface area contributed by atoms with Gasteiger partial charge < -0.3 is 10.2 Å². The van der Waals surface area contributed by atoms with Gasteiger partial charge in [0, 0.05) is 24.5 Å². The van der Waals surface area contributed by atoms with E-state index in [4.69, 9.17) is 11.6 Å². The molecular formula is C19H29ClN2O. The van der Waals surface area contributed by atoms with Gasteiger partial charge in [0.25, 0.3) is 0 Å². The number of hydrogen-bond acceptors (Lipinski definition) is 2. The Morgan fingerprint density at radius 3 is 2.35 bits per heavy atom. The highest BCUT2D eigenvalue weighted by Gasteiger charge is 2.29. The molecule has 1 aliphatic rings. The van der Waals surface area contributed by atoms with Crippen molar-refractivity contribution in [1.82, 2.24) is 10.2 Å². The molecule has 1 atom stereocenters. The summed E-state index contributed by atoms with van der Waals surface area (Å²) in [6.07, 6.45) is 6.16. The quantitative estimate of drug-likeness (QED) is 0.841. The van der Waals surface area contributed by atoms with Crippen molar-refractivity contribution in [3.05, 3.63) is 34.9 Å². The summed E-state index contributed by atoms with van der Waals surface area (Å²) < 4.78 is 0. The third kappa shape index (κ3) is 5.50. The van der Waals surface area contributed by atoms with E-state index < -0.39 is 0 Å². The van der Waals surface area contributed by atoms with Gasteiger partial charge in [-0.25, -0.2) is 0 Å². The Bertz CT molecular complexity index is 493.